The Kier molecular flexibility index (Phi) is 4.26. The molecule has 2 rings (SSSR count). The molecule has 1 fully saturated rings. The van der Waals surface area contributed by atoms with E-state index in [4.69, 9.17) is 0 Å². The molecule has 5 heteroatoms. The van der Waals surface area contributed by atoms with E-state index in [0.717, 1.165) is 25.7 Å². The summed E-state index contributed by atoms with van der Waals surface area (Å²) in [4.78, 5) is 24.6. The molecule has 0 radical (unpaired) electrons. The molecule has 0 unspecified atom stereocenters. The van der Waals surface area contributed by atoms with E-state index in [-0.39, 0.29) is 28.6 Å². The number of hydrogen-bond donors (Lipinski definition) is 1. The molecule has 0 bridgehead atoms. The second-order valence-electron chi connectivity index (χ2n) is 6.49. The zero-order chi connectivity index (χ0) is 14.8. The first kappa shape index (κ1) is 14.8. The molecule has 110 valence electrons. The Morgan fingerprint density at radius 3 is 2.55 bits per heavy atom. The molecular weight excluding hydrogens is 254 g/mol. The van der Waals surface area contributed by atoms with E-state index in [9.17, 15) is 9.59 Å². The van der Waals surface area contributed by atoms with Crippen LogP contribution in [0.15, 0.2) is 17.1 Å². The second-order valence-corrected chi connectivity index (χ2v) is 6.49. The zero-order valence-electron chi connectivity index (χ0n) is 12.5. The van der Waals surface area contributed by atoms with Crippen molar-refractivity contribution < 1.29 is 4.79 Å². The van der Waals surface area contributed by atoms with Crippen LogP contribution < -0.4 is 10.9 Å². The average molecular weight is 277 g/mol. The number of carbonyl (C=O) groups excluding carboxylic acids is 1. The molecule has 1 aromatic heterocycles. The van der Waals surface area contributed by atoms with Crippen molar-refractivity contribution in [2.24, 2.45) is 0 Å². The zero-order valence-corrected chi connectivity index (χ0v) is 12.5. The highest BCUT2D eigenvalue weighted by Gasteiger charge is 2.22. The lowest BCUT2D eigenvalue weighted by atomic mass is 9.95. The standard InChI is InChI=1S/C15H23N3O2/c1-15(2,3)17-13(19)12-9-10-16-18(14(12)20)11-7-5-4-6-8-11/h9-11H,4-8H2,1-3H3,(H,17,19). The number of carbonyl (C=O) groups is 1. The molecule has 20 heavy (non-hydrogen) atoms. The quantitative estimate of drug-likeness (QED) is 0.902. The van der Waals surface area contributed by atoms with Crippen molar-refractivity contribution in [2.45, 2.75) is 64.5 Å². The minimum absolute atomic E-state index is 0.138. The number of nitrogens with zero attached hydrogens (tertiary/aromatic N) is 2. The molecule has 1 heterocycles. The Morgan fingerprint density at radius 1 is 1.30 bits per heavy atom. The average Bonchev–Trinajstić information content (AvgIpc) is 2.38. The molecule has 5 nitrogen and oxygen atoms in total. The van der Waals surface area contributed by atoms with Gasteiger partial charge in [-0.25, -0.2) is 4.68 Å². The molecule has 1 aliphatic rings. The van der Waals surface area contributed by atoms with Gasteiger partial charge >= 0.3 is 0 Å². The monoisotopic (exact) mass is 277 g/mol. The first-order valence-corrected chi connectivity index (χ1v) is 7.29. The van der Waals surface area contributed by atoms with Crippen LogP contribution in [0.3, 0.4) is 0 Å². The molecule has 1 amide bonds. The molecule has 0 atom stereocenters. The fourth-order valence-electron chi connectivity index (χ4n) is 2.59. The number of hydrogen-bond acceptors (Lipinski definition) is 3. The Bertz CT molecular complexity index is 537. The van der Waals surface area contributed by atoms with Crippen LogP contribution in [0.5, 0.6) is 0 Å². The summed E-state index contributed by atoms with van der Waals surface area (Å²) in [5, 5.41) is 6.99. The van der Waals surface area contributed by atoms with Crippen molar-refractivity contribution in [3.8, 4) is 0 Å². The van der Waals surface area contributed by atoms with Crippen molar-refractivity contribution in [2.75, 3.05) is 0 Å². The van der Waals surface area contributed by atoms with Crippen LogP contribution in [0.2, 0.25) is 0 Å². The van der Waals surface area contributed by atoms with E-state index < -0.39 is 0 Å². The van der Waals surface area contributed by atoms with Crippen molar-refractivity contribution in [3.05, 3.63) is 28.2 Å². The van der Waals surface area contributed by atoms with Gasteiger partial charge in [0.25, 0.3) is 11.5 Å². The van der Waals surface area contributed by atoms with E-state index in [2.05, 4.69) is 10.4 Å². The highest BCUT2D eigenvalue weighted by atomic mass is 16.2. The third-order valence-corrected chi connectivity index (χ3v) is 3.52. The largest absolute Gasteiger partial charge is 0.347 e. The van der Waals surface area contributed by atoms with Crippen molar-refractivity contribution >= 4 is 5.91 Å². The van der Waals surface area contributed by atoms with Crippen LogP contribution in [0, 0.1) is 0 Å². The van der Waals surface area contributed by atoms with Gasteiger partial charge in [-0.2, -0.15) is 5.10 Å². The molecule has 1 saturated carbocycles. The summed E-state index contributed by atoms with van der Waals surface area (Å²) in [6.07, 6.45) is 6.95. The van der Waals surface area contributed by atoms with Crippen LogP contribution in [0.1, 0.15) is 69.3 Å². The lowest BCUT2D eigenvalue weighted by Crippen LogP contribution is -2.44. The summed E-state index contributed by atoms with van der Waals surface area (Å²) in [7, 11) is 0. The van der Waals surface area contributed by atoms with Crippen LogP contribution in [-0.2, 0) is 0 Å². The van der Waals surface area contributed by atoms with Gasteiger partial charge in [-0.3, -0.25) is 9.59 Å². The van der Waals surface area contributed by atoms with Gasteiger partial charge < -0.3 is 5.32 Å². The lowest BCUT2D eigenvalue weighted by Gasteiger charge is -2.23. The summed E-state index contributed by atoms with van der Waals surface area (Å²) in [5.74, 6) is -0.325. The van der Waals surface area contributed by atoms with Gasteiger partial charge in [0, 0.05) is 11.7 Å². The van der Waals surface area contributed by atoms with E-state index in [0.29, 0.717) is 0 Å². The van der Waals surface area contributed by atoms with Crippen molar-refractivity contribution in [1.29, 1.82) is 0 Å². The Balaban J connectivity index is 2.27. The molecular formula is C15H23N3O2. The molecule has 0 saturated heterocycles. The minimum Gasteiger partial charge on any atom is -0.347 e. The van der Waals surface area contributed by atoms with Gasteiger partial charge in [0.2, 0.25) is 0 Å². The maximum atomic E-state index is 12.4. The van der Waals surface area contributed by atoms with E-state index in [1.165, 1.54) is 17.2 Å². The normalized spacial score (nSPS) is 16.9. The number of amides is 1. The molecule has 1 N–H and O–H groups in total. The van der Waals surface area contributed by atoms with Crippen LogP contribution >= 0.6 is 0 Å². The van der Waals surface area contributed by atoms with Crippen LogP contribution in [-0.4, -0.2) is 21.2 Å². The third kappa shape index (κ3) is 3.46. The fraction of sp³-hybridized carbons (Fsp3) is 0.667. The SMILES string of the molecule is CC(C)(C)NC(=O)c1ccnn(C2CCCCC2)c1=O. The minimum atomic E-state index is -0.359. The Hall–Kier alpha value is -1.65. The van der Waals surface area contributed by atoms with Gasteiger partial charge in [-0.05, 0) is 39.7 Å². The van der Waals surface area contributed by atoms with Gasteiger partial charge in [-0.1, -0.05) is 19.3 Å². The molecule has 0 spiro atoms. The highest BCUT2D eigenvalue weighted by molar-refractivity contribution is 5.94. The van der Waals surface area contributed by atoms with Crippen LogP contribution in [0.25, 0.3) is 0 Å². The van der Waals surface area contributed by atoms with Crippen molar-refractivity contribution in [3.63, 3.8) is 0 Å². The van der Waals surface area contributed by atoms with Crippen molar-refractivity contribution in [1.82, 2.24) is 15.1 Å². The van der Waals surface area contributed by atoms with Gasteiger partial charge in [0.05, 0.1) is 6.04 Å². The Morgan fingerprint density at radius 2 is 1.95 bits per heavy atom. The summed E-state index contributed by atoms with van der Waals surface area (Å²) < 4.78 is 1.50. The molecule has 0 aromatic carbocycles. The maximum Gasteiger partial charge on any atom is 0.279 e. The molecule has 0 aliphatic heterocycles. The summed E-state index contributed by atoms with van der Waals surface area (Å²) in [6, 6.07) is 1.64. The van der Waals surface area contributed by atoms with E-state index >= 15 is 0 Å². The van der Waals surface area contributed by atoms with Gasteiger partial charge in [0.1, 0.15) is 5.56 Å². The number of nitrogens with one attached hydrogen (secondary N) is 1. The summed E-state index contributed by atoms with van der Waals surface area (Å²) in [5.41, 5.74) is -0.454. The topological polar surface area (TPSA) is 64.0 Å². The Labute approximate surface area is 119 Å². The third-order valence-electron chi connectivity index (χ3n) is 3.52. The van der Waals surface area contributed by atoms with Gasteiger partial charge in [0.15, 0.2) is 0 Å². The highest BCUT2D eigenvalue weighted by Crippen LogP contribution is 2.26. The first-order valence-electron chi connectivity index (χ1n) is 7.29. The van der Waals surface area contributed by atoms with E-state index in [1.807, 2.05) is 20.8 Å². The summed E-state index contributed by atoms with van der Waals surface area (Å²) in [6.45, 7) is 5.68. The summed E-state index contributed by atoms with van der Waals surface area (Å²) >= 11 is 0. The fourth-order valence-corrected chi connectivity index (χ4v) is 2.59. The predicted octanol–water partition coefficient (Wildman–Crippen LogP) is 2.28. The maximum absolute atomic E-state index is 12.4. The predicted molar refractivity (Wildman–Crippen MR) is 77.8 cm³/mol. The van der Waals surface area contributed by atoms with E-state index in [1.54, 1.807) is 6.20 Å². The lowest BCUT2D eigenvalue weighted by molar-refractivity contribution is 0.0916. The second kappa shape index (κ2) is 5.77. The number of aromatic nitrogens is 2. The molecule has 1 aromatic rings. The first-order chi connectivity index (χ1) is 9.38. The van der Waals surface area contributed by atoms with Crippen LogP contribution in [0.4, 0.5) is 0 Å². The number of rotatable bonds is 2. The smallest absolute Gasteiger partial charge is 0.279 e. The molecule has 1 aliphatic carbocycles. The van der Waals surface area contributed by atoms with Gasteiger partial charge in [-0.15, -0.1) is 0 Å².